The molecule has 1 aromatic carbocycles. The largest absolute Gasteiger partial charge is 0.493 e. The second kappa shape index (κ2) is 9.26. The van der Waals surface area contributed by atoms with Gasteiger partial charge in [-0.3, -0.25) is 14.6 Å². The molecule has 1 aromatic heterocycles. The molecule has 1 N–H and O–H groups in total. The number of hydrogen-bond acceptors (Lipinski definition) is 5. The minimum absolute atomic E-state index is 0.186. The van der Waals surface area contributed by atoms with Gasteiger partial charge in [0.15, 0.2) is 0 Å². The average Bonchev–Trinajstić information content (AvgIpc) is 2.80. The minimum Gasteiger partial charge on any atom is -0.493 e. The van der Waals surface area contributed by atoms with E-state index in [1.807, 2.05) is 43.5 Å². The smallest absolute Gasteiger partial charge is 0.242 e. The number of anilines is 2. The van der Waals surface area contributed by atoms with Gasteiger partial charge in [0.05, 0.1) is 18.0 Å². The fourth-order valence-corrected chi connectivity index (χ4v) is 3.59. The number of hydrogen-bond donors (Lipinski definition) is 1. The lowest BCUT2D eigenvalue weighted by Gasteiger charge is -2.27. The molecule has 160 valence electrons. The molecule has 7 heteroatoms. The van der Waals surface area contributed by atoms with Crippen LogP contribution in [0.25, 0.3) is 0 Å². The number of fused-ring (bicyclic) bond motifs is 1. The van der Waals surface area contributed by atoms with Gasteiger partial charge >= 0.3 is 0 Å². The van der Waals surface area contributed by atoms with E-state index in [4.69, 9.17) is 4.74 Å². The Bertz CT molecular complexity index is 899. The molecular weight excluding hydrogens is 380 g/mol. The van der Waals surface area contributed by atoms with Crippen LogP contribution in [0.2, 0.25) is 0 Å². The SMILES string of the molecule is CCN1C(=O)C(C)(C)C(=O)N(C)c2cc(OCCCNCc3cccnc3)ccc21. The Morgan fingerprint density at radius 3 is 2.63 bits per heavy atom. The highest BCUT2D eigenvalue weighted by Gasteiger charge is 2.45. The summed E-state index contributed by atoms with van der Waals surface area (Å²) in [7, 11) is 1.71. The molecular formula is C23H30N4O3. The van der Waals surface area contributed by atoms with Crippen LogP contribution in [0.4, 0.5) is 11.4 Å². The van der Waals surface area contributed by atoms with Crippen molar-refractivity contribution in [1.29, 1.82) is 0 Å². The molecule has 0 aliphatic carbocycles. The van der Waals surface area contributed by atoms with Crippen molar-refractivity contribution in [3.05, 3.63) is 48.3 Å². The van der Waals surface area contributed by atoms with Crippen LogP contribution in [-0.4, -0.2) is 43.5 Å². The van der Waals surface area contributed by atoms with Crippen LogP contribution < -0.4 is 19.9 Å². The summed E-state index contributed by atoms with van der Waals surface area (Å²) in [4.78, 5) is 33.1. The maximum absolute atomic E-state index is 12.9. The number of nitrogens with zero attached hydrogens (tertiary/aromatic N) is 3. The Hall–Kier alpha value is -2.93. The summed E-state index contributed by atoms with van der Waals surface area (Å²) in [6.07, 6.45) is 4.46. The van der Waals surface area contributed by atoms with Gasteiger partial charge in [0, 0.05) is 38.6 Å². The Labute approximate surface area is 178 Å². The number of carbonyl (C=O) groups excluding carboxylic acids is 2. The normalized spacial score (nSPS) is 15.7. The van der Waals surface area contributed by atoms with Gasteiger partial charge < -0.3 is 19.9 Å². The molecule has 7 nitrogen and oxygen atoms in total. The van der Waals surface area contributed by atoms with Crippen LogP contribution >= 0.6 is 0 Å². The van der Waals surface area contributed by atoms with E-state index in [1.165, 1.54) is 0 Å². The van der Waals surface area contributed by atoms with Crippen molar-refractivity contribution in [3.8, 4) is 5.75 Å². The number of nitrogens with one attached hydrogen (secondary N) is 1. The maximum Gasteiger partial charge on any atom is 0.242 e. The maximum atomic E-state index is 12.9. The van der Waals surface area contributed by atoms with E-state index in [1.54, 1.807) is 36.9 Å². The number of rotatable bonds is 8. The van der Waals surface area contributed by atoms with Gasteiger partial charge in [-0.15, -0.1) is 0 Å². The van der Waals surface area contributed by atoms with Crippen molar-refractivity contribution in [2.24, 2.45) is 5.41 Å². The fourth-order valence-electron chi connectivity index (χ4n) is 3.59. The Balaban J connectivity index is 1.62. The molecule has 2 aromatic rings. The number of ether oxygens (including phenoxy) is 1. The van der Waals surface area contributed by atoms with Gasteiger partial charge in [-0.1, -0.05) is 6.07 Å². The first-order chi connectivity index (χ1) is 14.4. The van der Waals surface area contributed by atoms with Gasteiger partial charge in [0.2, 0.25) is 11.8 Å². The summed E-state index contributed by atoms with van der Waals surface area (Å²) in [5.74, 6) is 0.277. The highest BCUT2D eigenvalue weighted by molar-refractivity contribution is 6.20. The van der Waals surface area contributed by atoms with E-state index < -0.39 is 5.41 Å². The average molecular weight is 411 g/mol. The van der Waals surface area contributed by atoms with E-state index in [2.05, 4.69) is 10.3 Å². The summed E-state index contributed by atoms with van der Waals surface area (Å²) in [6.45, 7) is 7.92. The molecule has 0 fully saturated rings. The zero-order valence-corrected chi connectivity index (χ0v) is 18.1. The van der Waals surface area contributed by atoms with E-state index in [9.17, 15) is 9.59 Å². The summed E-state index contributed by atoms with van der Waals surface area (Å²) in [5.41, 5.74) is 1.46. The lowest BCUT2D eigenvalue weighted by Crippen LogP contribution is -2.47. The van der Waals surface area contributed by atoms with E-state index >= 15 is 0 Å². The van der Waals surface area contributed by atoms with Crippen LogP contribution in [-0.2, 0) is 16.1 Å². The molecule has 1 aliphatic heterocycles. The van der Waals surface area contributed by atoms with Gasteiger partial charge in [0.1, 0.15) is 11.2 Å². The van der Waals surface area contributed by atoms with Gasteiger partial charge in [-0.2, -0.15) is 0 Å². The van der Waals surface area contributed by atoms with Crippen LogP contribution in [0.1, 0.15) is 32.8 Å². The summed E-state index contributed by atoms with van der Waals surface area (Å²) < 4.78 is 5.90. The summed E-state index contributed by atoms with van der Waals surface area (Å²) in [6, 6.07) is 9.52. The van der Waals surface area contributed by atoms with E-state index in [0.717, 1.165) is 30.8 Å². The molecule has 2 amide bonds. The second-order valence-corrected chi connectivity index (χ2v) is 7.93. The summed E-state index contributed by atoms with van der Waals surface area (Å²) in [5, 5.41) is 3.37. The lowest BCUT2D eigenvalue weighted by molar-refractivity contribution is -0.137. The van der Waals surface area contributed by atoms with E-state index in [-0.39, 0.29) is 11.8 Å². The molecule has 0 saturated heterocycles. The lowest BCUT2D eigenvalue weighted by atomic mass is 9.90. The van der Waals surface area contributed by atoms with Crippen molar-refractivity contribution in [2.45, 2.75) is 33.7 Å². The first-order valence-corrected chi connectivity index (χ1v) is 10.3. The van der Waals surface area contributed by atoms with Gasteiger partial charge in [-0.25, -0.2) is 0 Å². The molecule has 0 saturated carbocycles. The summed E-state index contributed by atoms with van der Waals surface area (Å²) >= 11 is 0. The highest BCUT2D eigenvalue weighted by atomic mass is 16.5. The van der Waals surface area contributed by atoms with Crippen LogP contribution in [0.5, 0.6) is 5.75 Å². The molecule has 1 aliphatic rings. The molecule has 0 spiro atoms. The van der Waals surface area contributed by atoms with Crippen molar-refractivity contribution >= 4 is 23.2 Å². The molecule has 0 bridgehead atoms. The third-order valence-corrected chi connectivity index (χ3v) is 5.35. The molecule has 30 heavy (non-hydrogen) atoms. The topological polar surface area (TPSA) is 74.8 Å². The fraction of sp³-hybridized carbons (Fsp3) is 0.435. The number of benzene rings is 1. The second-order valence-electron chi connectivity index (χ2n) is 7.93. The van der Waals surface area contributed by atoms with Gasteiger partial charge in [-0.05, 0) is 57.5 Å². The third-order valence-electron chi connectivity index (χ3n) is 5.35. The van der Waals surface area contributed by atoms with Crippen LogP contribution in [0, 0.1) is 5.41 Å². The Morgan fingerprint density at radius 1 is 1.13 bits per heavy atom. The van der Waals surface area contributed by atoms with Crippen molar-refractivity contribution in [2.75, 3.05) is 36.5 Å². The first kappa shape index (κ1) is 21.8. The van der Waals surface area contributed by atoms with E-state index in [0.29, 0.717) is 24.6 Å². The Morgan fingerprint density at radius 2 is 1.93 bits per heavy atom. The number of pyridine rings is 1. The molecule has 0 unspecified atom stereocenters. The third kappa shape index (κ3) is 4.46. The predicted molar refractivity (Wildman–Crippen MR) is 118 cm³/mol. The van der Waals surface area contributed by atoms with Crippen molar-refractivity contribution in [3.63, 3.8) is 0 Å². The highest BCUT2D eigenvalue weighted by Crippen LogP contribution is 2.40. The Kier molecular flexibility index (Phi) is 6.72. The molecule has 0 atom stereocenters. The standard InChI is InChI=1S/C23H30N4O3/c1-5-27-19-10-9-18(14-20(19)26(4)21(28)23(2,3)22(27)29)30-13-7-12-25-16-17-8-6-11-24-15-17/h6,8-11,14-15,25H,5,7,12-13,16H2,1-4H3. The van der Waals surface area contributed by atoms with Crippen LogP contribution in [0.3, 0.4) is 0 Å². The molecule has 3 rings (SSSR count). The quantitative estimate of drug-likeness (QED) is 0.535. The molecule has 2 heterocycles. The van der Waals surface area contributed by atoms with Crippen molar-refractivity contribution < 1.29 is 14.3 Å². The first-order valence-electron chi connectivity index (χ1n) is 10.3. The van der Waals surface area contributed by atoms with Crippen molar-refractivity contribution in [1.82, 2.24) is 10.3 Å². The number of aromatic nitrogens is 1. The van der Waals surface area contributed by atoms with Gasteiger partial charge in [0.25, 0.3) is 0 Å². The zero-order chi connectivity index (χ0) is 21.7. The minimum atomic E-state index is -1.11. The monoisotopic (exact) mass is 410 g/mol. The molecule has 0 radical (unpaired) electrons. The number of amides is 2. The van der Waals surface area contributed by atoms with Crippen LogP contribution in [0.15, 0.2) is 42.7 Å². The predicted octanol–water partition coefficient (Wildman–Crippen LogP) is 3.00. The zero-order valence-electron chi connectivity index (χ0n) is 18.1. The number of carbonyl (C=O) groups is 2.